The summed E-state index contributed by atoms with van der Waals surface area (Å²) in [5.74, 6) is -0.0596. The number of hydrogen-bond acceptors (Lipinski definition) is 5. The van der Waals surface area contributed by atoms with Crippen LogP contribution in [0.2, 0.25) is 0 Å². The van der Waals surface area contributed by atoms with Crippen molar-refractivity contribution < 1.29 is 4.79 Å². The summed E-state index contributed by atoms with van der Waals surface area (Å²) < 4.78 is 2.73. The summed E-state index contributed by atoms with van der Waals surface area (Å²) in [7, 11) is 1.79. The van der Waals surface area contributed by atoms with Crippen molar-refractivity contribution in [2.24, 2.45) is 7.05 Å². The molecule has 2 heterocycles. The van der Waals surface area contributed by atoms with Crippen molar-refractivity contribution in [2.75, 3.05) is 31.1 Å². The molecule has 0 radical (unpaired) electrons. The normalized spacial score (nSPS) is 11.1. The van der Waals surface area contributed by atoms with Gasteiger partial charge in [0.1, 0.15) is 5.69 Å². The molecule has 3 rings (SSSR count). The quantitative estimate of drug-likeness (QED) is 0.577. The van der Waals surface area contributed by atoms with E-state index in [-0.39, 0.29) is 18.3 Å². The van der Waals surface area contributed by atoms with E-state index in [1.165, 1.54) is 11.1 Å². The molecule has 0 unspecified atom stereocenters. The molecule has 0 fully saturated rings. The van der Waals surface area contributed by atoms with E-state index in [4.69, 9.17) is 4.98 Å². The molecular formula is C20H28ClN5OS. The minimum Gasteiger partial charge on any atom is -0.302 e. The molecule has 0 atom stereocenters. The first-order chi connectivity index (χ1) is 13.0. The van der Waals surface area contributed by atoms with Gasteiger partial charge in [-0.15, -0.1) is 12.4 Å². The lowest BCUT2D eigenvalue weighted by molar-refractivity contribution is 0.0974. The van der Waals surface area contributed by atoms with Crippen molar-refractivity contribution in [1.82, 2.24) is 19.7 Å². The van der Waals surface area contributed by atoms with Crippen LogP contribution in [0.5, 0.6) is 0 Å². The first-order valence-electron chi connectivity index (χ1n) is 9.35. The Hall–Kier alpha value is -1.96. The topological polar surface area (TPSA) is 54.3 Å². The SMILES string of the molecule is CCN(CC)CCN(C(=O)c1ccnn1C)c1nc2c(C)c(C)ccc2s1.Cl. The number of fused-ring (bicyclic) bond motifs is 1. The molecule has 0 N–H and O–H groups in total. The van der Waals surface area contributed by atoms with Crippen LogP contribution >= 0.6 is 23.7 Å². The van der Waals surface area contributed by atoms with E-state index >= 15 is 0 Å². The lowest BCUT2D eigenvalue weighted by atomic mass is 10.1. The van der Waals surface area contributed by atoms with Gasteiger partial charge in [0.05, 0.1) is 10.2 Å². The summed E-state index contributed by atoms with van der Waals surface area (Å²) in [6.07, 6.45) is 1.65. The van der Waals surface area contributed by atoms with Gasteiger partial charge in [-0.3, -0.25) is 14.4 Å². The predicted molar refractivity (Wildman–Crippen MR) is 119 cm³/mol. The van der Waals surface area contributed by atoms with Gasteiger partial charge in [-0.2, -0.15) is 5.10 Å². The molecule has 0 aliphatic rings. The molecule has 0 aliphatic heterocycles. The van der Waals surface area contributed by atoms with Gasteiger partial charge >= 0.3 is 0 Å². The highest BCUT2D eigenvalue weighted by molar-refractivity contribution is 7.22. The summed E-state index contributed by atoms with van der Waals surface area (Å²) in [5.41, 5.74) is 3.95. The van der Waals surface area contributed by atoms with Crippen LogP contribution in [-0.2, 0) is 7.05 Å². The lowest BCUT2D eigenvalue weighted by Gasteiger charge is -2.24. The highest BCUT2D eigenvalue weighted by Gasteiger charge is 2.24. The van der Waals surface area contributed by atoms with Crippen LogP contribution in [0.15, 0.2) is 24.4 Å². The van der Waals surface area contributed by atoms with Crippen molar-refractivity contribution in [3.05, 3.63) is 41.2 Å². The maximum Gasteiger partial charge on any atom is 0.278 e. The van der Waals surface area contributed by atoms with E-state index in [2.05, 4.69) is 49.8 Å². The van der Waals surface area contributed by atoms with Gasteiger partial charge in [-0.1, -0.05) is 31.3 Å². The number of nitrogens with zero attached hydrogens (tertiary/aromatic N) is 5. The maximum atomic E-state index is 13.3. The molecule has 8 heteroatoms. The van der Waals surface area contributed by atoms with Gasteiger partial charge in [-0.25, -0.2) is 4.98 Å². The van der Waals surface area contributed by atoms with E-state index in [0.29, 0.717) is 12.2 Å². The second kappa shape index (κ2) is 9.49. The largest absolute Gasteiger partial charge is 0.302 e. The van der Waals surface area contributed by atoms with Crippen molar-refractivity contribution in [3.8, 4) is 0 Å². The summed E-state index contributed by atoms with van der Waals surface area (Å²) >= 11 is 1.57. The van der Waals surface area contributed by atoms with Gasteiger partial charge in [0.25, 0.3) is 5.91 Å². The van der Waals surface area contributed by atoms with E-state index in [9.17, 15) is 4.79 Å². The molecule has 28 heavy (non-hydrogen) atoms. The first-order valence-corrected chi connectivity index (χ1v) is 10.2. The highest BCUT2D eigenvalue weighted by atomic mass is 35.5. The number of thiazole rings is 1. The Balaban J connectivity index is 0.00000280. The van der Waals surface area contributed by atoms with Crippen LogP contribution in [0.25, 0.3) is 10.2 Å². The number of hydrogen-bond donors (Lipinski definition) is 0. The monoisotopic (exact) mass is 421 g/mol. The fourth-order valence-corrected chi connectivity index (χ4v) is 4.17. The number of benzene rings is 1. The Labute approximate surface area is 176 Å². The van der Waals surface area contributed by atoms with Crippen LogP contribution in [0.1, 0.15) is 35.5 Å². The molecule has 152 valence electrons. The first kappa shape index (κ1) is 22.3. The zero-order valence-electron chi connectivity index (χ0n) is 17.1. The smallest absolute Gasteiger partial charge is 0.278 e. The Morgan fingerprint density at radius 2 is 1.86 bits per heavy atom. The number of aryl methyl sites for hydroxylation is 3. The van der Waals surface area contributed by atoms with Crippen LogP contribution in [0.3, 0.4) is 0 Å². The van der Waals surface area contributed by atoms with Gasteiger partial charge < -0.3 is 4.90 Å². The molecule has 0 saturated heterocycles. The standard InChI is InChI=1S/C20H27N5OS.ClH/c1-6-24(7-2)12-13-25(19(26)16-10-11-21-23(16)5)20-22-18-15(4)14(3)8-9-17(18)27-20;/h8-11H,6-7,12-13H2,1-5H3;1H. The lowest BCUT2D eigenvalue weighted by Crippen LogP contribution is -2.39. The Morgan fingerprint density at radius 3 is 2.46 bits per heavy atom. The minimum atomic E-state index is -0.0596. The van der Waals surface area contributed by atoms with Gasteiger partial charge in [0.15, 0.2) is 5.13 Å². The Morgan fingerprint density at radius 1 is 1.14 bits per heavy atom. The number of carbonyl (C=O) groups excluding carboxylic acids is 1. The summed E-state index contributed by atoms with van der Waals surface area (Å²) in [6, 6.07) is 5.97. The zero-order chi connectivity index (χ0) is 19.6. The fraction of sp³-hybridized carbons (Fsp3) is 0.450. The van der Waals surface area contributed by atoms with Crippen molar-refractivity contribution in [3.63, 3.8) is 0 Å². The third kappa shape index (κ3) is 4.37. The molecule has 1 amide bonds. The third-order valence-electron chi connectivity index (χ3n) is 5.12. The number of anilines is 1. The highest BCUT2D eigenvalue weighted by Crippen LogP contribution is 2.32. The average molecular weight is 422 g/mol. The van der Waals surface area contributed by atoms with Crippen LogP contribution in [-0.4, -0.2) is 51.8 Å². The van der Waals surface area contributed by atoms with Crippen LogP contribution < -0.4 is 4.90 Å². The van der Waals surface area contributed by atoms with Crippen LogP contribution in [0, 0.1) is 13.8 Å². The zero-order valence-corrected chi connectivity index (χ0v) is 18.7. The molecule has 0 saturated carbocycles. The number of likely N-dealkylation sites (N-methyl/N-ethyl adjacent to an activating group) is 1. The van der Waals surface area contributed by atoms with Gasteiger partial charge in [0.2, 0.25) is 0 Å². The minimum absolute atomic E-state index is 0. The van der Waals surface area contributed by atoms with E-state index < -0.39 is 0 Å². The summed E-state index contributed by atoms with van der Waals surface area (Å²) in [5, 5.41) is 4.90. The number of halogens is 1. The number of amides is 1. The molecule has 2 aromatic heterocycles. The molecule has 0 bridgehead atoms. The van der Waals surface area contributed by atoms with E-state index in [1.54, 1.807) is 40.2 Å². The number of rotatable bonds is 7. The summed E-state index contributed by atoms with van der Waals surface area (Å²) in [4.78, 5) is 22.2. The second-order valence-electron chi connectivity index (χ2n) is 6.67. The number of carbonyl (C=O) groups is 1. The predicted octanol–water partition coefficient (Wildman–Crippen LogP) is 4.06. The van der Waals surface area contributed by atoms with Crippen molar-refractivity contribution in [1.29, 1.82) is 0 Å². The summed E-state index contributed by atoms with van der Waals surface area (Å²) in [6.45, 7) is 11.8. The molecule has 0 spiro atoms. The Kier molecular flexibility index (Phi) is 7.57. The average Bonchev–Trinajstić information content (AvgIpc) is 3.28. The van der Waals surface area contributed by atoms with Crippen LogP contribution in [0.4, 0.5) is 5.13 Å². The maximum absolute atomic E-state index is 13.3. The molecular weight excluding hydrogens is 394 g/mol. The molecule has 0 aliphatic carbocycles. The van der Waals surface area contributed by atoms with Crippen molar-refractivity contribution in [2.45, 2.75) is 27.7 Å². The van der Waals surface area contributed by atoms with Gasteiger partial charge in [-0.05, 0) is 50.2 Å². The van der Waals surface area contributed by atoms with E-state index in [0.717, 1.165) is 35.0 Å². The Bertz CT molecular complexity index is 947. The van der Waals surface area contributed by atoms with E-state index in [1.807, 2.05) is 0 Å². The molecule has 1 aromatic carbocycles. The fourth-order valence-electron chi connectivity index (χ4n) is 3.12. The van der Waals surface area contributed by atoms with Crippen molar-refractivity contribution >= 4 is 45.0 Å². The third-order valence-corrected chi connectivity index (χ3v) is 6.17. The molecule has 6 nitrogen and oxygen atoms in total. The van der Waals surface area contributed by atoms with Gasteiger partial charge in [0, 0.05) is 26.3 Å². The molecule has 3 aromatic rings. The number of aromatic nitrogens is 3. The second-order valence-corrected chi connectivity index (χ2v) is 7.68.